The molecule has 0 amide bonds. The normalized spacial score (nSPS) is 30.0. The van der Waals surface area contributed by atoms with Gasteiger partial charge in [0, 0.05) is 42.3 Å². The van der Waals surface area contributed by atoms with Gasteiger partial charge in [0.1, 0.15) is 0 Å². The molecule has 0 aromatic rings. The zero-order chi connectivity index (χ0) is 20.2. The van der Waals surface area contributed by atoms with Gasteiger partial charge in [0.2, 0.25) is 0 Å². The Balaban J connectivity index is 1.24. The number of allylic oxidation sites excluding steroid dienone is 3. The minimum absolute atomic E-state index is 0.561. The molecule has 0 radical (unpaired) electrons. The summed E-state index contributed by atoms with van der Waals surface area (Å²) in [5, 5.41) is 5.01. The van der Waals surface area contributed by atoms with Crippen molar-refractivity contribution in [2.75, 3.05) is 32.7 Å². The monoisotopic (exact) mass is 417 g/mol. The second-order valence-corrected chi connectivity index (χ2v) is 10.6. The molecule has 0 saturated carbocycles. The smallest absolute Gasteiger partial charge is 0.0421 e. The molecule has 162 valence electrons. The fourth-order valence-corrected chi connectivity index (χ4v) is 6.06. The fourth-order valence-electron chi connectivity index (χ4n) is 5.87. The number of piperidine rings is 1. The third kappa shape index (κ3) is 5.54. The average Bonchev–Trinajstić information content (AvgIpc) is 3.21. The van der Waals surface area contributed by atoms with Crippen LogP contribution in [0.15, 0.2) is 27.7 Å². The Morgan fingerprint density at radius 3 is 2.66 bits per heavy atom. The summed E-state index contributed by atoms with van der Waals surface area (Å²) in [5.41, 5.74) is 2.92. The molecule has 2 heterocycles. The van der Waals surface area contributed by atoms with E-state index < -0.39 is 0 Å². The van der Waals surface area contributed by atoms with E-state index in [2.05, 4.69) is 36.2 Å². The summed E-state index contributed by atoms with van der Waals surface area (Å²) in [7, 11) is 0. The number of fused-ring (bicyclic) bond motifs is 1. The zero-order valence-electron chi connectivity index (χ0n) is 18.5. The predicted octanol–water partition coefficient (Wildman–Crippen LogP) is 5.42. The van der Waals surface area contributed by atoms with Crippen LogP contribution in [-0.2, 0) is 0 Å². The van der Waals surface area contributed by atoms with Crippen molar-refractivity contribution in [1.82, 2.24) is 10.2 Å². The van der Waals surface area contributed by atoms with Gasteiger partial charge >= 0.3 is 0 Å². The maximum Gasteiger partial charge on any atom is 0.0421 e. The second kappa shape index (κ2) is 10.1. The van der Waals surface area contributed by atoms with Gasteiger partial charge in [-0.3, -0.25) is 4.99 Å². The fraction of sp³-hybridized carbons (Fsp3) is 0.800. The van der Waals surface area contributed by atoms with Gasteiger partial charge in [-0.05, 0) is 87.8 Å². The average molecular weight is 418 g/mol. The molecule has 2 aliphatic carbocycles. The summed E-state index contributed by atoms with van der Waals surface area (Å²) in [6, 6.07) is 0.561. The molecular formula is C25H40ClN3. The number of hydrogen-bond acceptors (Lipinski definition) is 3. The van der Waals surface area contributed by atoms with Crippen molar-refractivity contribution >= 4 is 17.3 Å². The van der Waals surface area contributed by atoms with Crippen LogP contribution in [0.25, 0.3) is 0 Å². The summed E-state index contributed by atoms with van der Waals surface area (Å²) in [6.45, 7) is 10.5. The summed E-state index contributed by atoms with van der Waals surface area (Å²) in [4.78, 5) is 7.53. The van der Waals surface area contributed by atoms with Gasteiger partial charge in [-0.25, -0.2) is 0 Å². The van der Waals surface area contributed by atoms with E-state index >= 15 is 0 Å². The van der Waals surface area contributed by atoms with Gasteiger partial charge in [0.05, 0.1) is 0 Å². The molecule has 0 bridgehead atoms. The maximum atomic E-state index is 6.18. The van der Waals surface area contributed by atoms with Gasteiger partial charge < -0.3 is 10.2 Å². The summed E-state index contributed by atoms with van der Waals surface area (Å²) < 4.78 is 0. The van der Waals surface area contributed by atoms with Gasteiger partial charge in [0.25, 0.3) is 0 Å². The van der Waals surface area contributed by atoms with Crippen LogP contribution in [0.3, 0.4) is 0 Å². The molecule has 1 fully saturated rings. The molecule has 4 rings (SSSR count). The predicted molar refractivity (Wildman–Crippen MR) is 125 cm³/mol. The number of hydrogen-bond donors (Lipinski definition) is 1. The lowest BCUT2D eigenvalue weighted by Gasteiger charge is -2.39. The summed E-state index contributed by atoms with van der Waals surface area (Å²) in [5.74, 6) is 3.18. The van der Waals surface area contributed by atoms with Crippen molar-refractivity contribution < 1.29 is 0 Å². The molecule has 0 aromatic carbocycles. The van der Waals surface area contributed by atoms with E-state index in [1.807, 2.05) is 0 Å². The highest BCUT2D eigenvalue weighted by atomic mass is 35.5. The molecule has 0 aromatic heterocycles. The Labute approximate surface area is 183 Å². The van der Waals surface area contributed by atoms with Crippen LogP contribution in [0.1, 0.15) is 65.2 Å². The van der Waals surface area contributed by atoms with Crippen molar-refractivity contribution in [3.8, 4) is 0 Å². The topological polar surface area (TPSA) is 27.6 Å². The van der Waals surface area contributed by atoms with Crippen LogP contribution in [0.5, 0.6) is 0 Å². The van der Waals surface area contributed by atoms with E-state index in [4.69, 9.17) is 16.6 Å². The minimum Gasteiger partial charge on any atom is -0.308 e. The molecule has 29 heavy (non-hydrogen) atoms. The molecule has 3 atom stereocenters. The Bertz CT molecular complexity index is 642. The highest BCUT2D eigenvalue weighted by Crippen LogP contribution is 2.36. The molecule has 1 saturated heterocycles. The van der Waals surface area contributed by atoms with Gasteiger partial charge in [-0.15, -0.1) is 0 Å². The first-order chi connectivity index (χ1) is 14.1. The van der Waals surface area contributed by atoms with Crippen molar-refractivity contribution in [2.45, 2.75) is 71.3 Å². The molecule has 1 N–H and O–H groups in total. The molecule has 4 heteroatoms. The van der Waals surface area contributed by atoms with Crippen molar-refractivity contribution in [2.24, 2.45) is 28.7 Å². The molecule has 2 aliphatic heterocycles. The lowest BCUT2D eigenvalue weighted by molar-refractivity contribution is 0.125. The molecule has 3 nitrogen and oxygen atoms in total. The standard InChI is InChI=1S/C25H40ClN3/c1-18(2)24(28-16-22-5-3-4-21-10-13-27-25(21)22)17-29-14-11-20(12-15-29)19-6-8-23(26)9-7-19/h5,8,18-21,24,28H,3-4,6-7,9-17H2,1-2H3/t19?,21?,24-/m0/s1. The van der Waals surface area contributed by atoms with Gasteiger partial charge in [-0.2, -0.15) is 0 Å². The van der Waals surface area contributed by atoms with Gasteiger partial charge in [0.15, 0.2) is 0 Å². The number of aliphatic imine (C=N–C) groups is 1. The van der Waals surface area contributed by atoms with Crippen LogP contribution >= 0.6 is 11.6 Å². The molecule has 0 spiro atoms. The Hall–Kier alpha value is -0.640. The highest BCUT2D eigenvalue weighted by molar-refractivity contribution is 6.29. The Kier molecular flexibility index (Phi) is 7.53. The van der Waals surface area contributed by atoms with Crippen molar-refractivity contribution in [3.63, 3.8) is 0 Å². The van der Waals surface area contributed by atoms with Gasteiger partial charge in [-0.1, -0.05) is 37.6 Å². The first-order valence-electron chi connectivity index (χ1n) is 12.1. The van der Waals surface area contributed by atoms with Crippen LogP contribution in [0, 0.1) is 23.7 Å². The van der Waals surface area contributed by atoms with Crippen LogP contribution in [0.2, 0.25) is 0 Å². The first kappa shape index (κ1) is 21.6. The zero-order valence-corrected chi connectivity index (χ0v) is 19.3. The van der Waals surface area contributed by atoms with E-state index in [0.717, 1.165) is 42.3 Å². The number of rotatable bonds is 7. The highest BCUT2D eigenvalue weighted by Gasteiger charge is 2.30. The molecular weight excluding hydrogens is 378 g/mol. The number of nitrogens with one attached hydrogen (secondary N) is 1. The van der Waals surface area contributed by atoms with Crippen LogP contribution < -0.4 is 5.32 Å². The van der Waals surface area contributed by atoms with E-state index in [1.54, 1.807) is 0 Å². The SMILES string of the molecule is CC(C)[C@H](CN1CCC(C2CC=C(Cl)CC2)CC1)NCC1=CCCC2CCN=C12. The van der Waals surface area contributed by atoms with E-state index in [1.165, 1.54) is 75.9 Å². The second-order valence-electron chi connectivity index (χ2n) is 10.1. The third-order valence-corrected chi connectivity index (χ3v) is 8.23. The first-order valence-corrected chi connectivity index (χ1v) is 12.5. The summed E-state index contributed by atoms with van der Waals surface area (Å²) in [6.07, 6.45) is 14.9. The molecule has 2 unspecified atom stereocenters. The minimum atomic E-state index is 0.561. The largest absolute Gasteiger partial charge is 0.308 e. The summed E-state index contributed by atoms with van der Waals surface area (Å²) >= 11 is 6.18. The number of likely N-dealkylation sites (tertiary alicyclic amines) is 1. The lowest BCUT2D eigenvalue weighted by atomic mass is 9.78. The van der Waals surface area contributed by atoms with Crippen LogP contribution in [0.4, 0.5) is 0 Å². The number of nitrogens with zero attached hydrogens (tertiary/aromatic N) is 2. The van der Waals surface area contributed by atoms with E-state index in [0.29, 0.717) is 12.0 Å². The van der Waals surface area contributed by atoms with Crippen molar-refractivity contribution in [1.29, 1.82) is 0 Å². The third-order valence-electron chi connectivity index (χ3n) is 7.89. The Morgan fingerprint density at radius 1 is 1.10 bits per heavy atom. The van der Waals surface area contributed by atoms with E-state index in [-0.39, 0.29) is 0 Å². The lowest BCUT2D eigenvalue weighted by Crippen LogP contribution is -2.48. The maximum absolute atomic E-state index is 6.18. The molecule has 4 aliphatic rings. The number of halogens is 1. The Morgan fingerprint density at radius 2 is 1.93 bits per heavy atom. The quantitative estimate of drug-likeness (QED) is 0.599. The van der Waals surface area contributed by atoms with Crippen LogP contribution in [-0.4, -0.2) is 49.4 Å². The van der Waals surface area contributed by atoms with E-state index in [9.17, 15) is 0 Å². The van der Waals surface area contributed by atoms with Crippen molar-refractivity contribution in [3.05, 3.63) is 22.8 Å².